The Balaban J connectivity index is 1.36. The van der Waals surface area contributed by atoms with Gasteiger partial charge in [-0.05, 0) is 30.3 Å². The van der Waals surface area contributed by atoms with Crippen molar-refractivity contribution in [1.29, 1.82) is 0 Å². The molecule has 2 aliphatic heterocycles. The molecule has 0 unspecified atom stereocenters. The minimum absolute atomic E-state index is 0.158. The van der Waals surface area contributed by atoms with Gasteiger partial charge in [0.05, 0.1) is 31.7 Å². The van der Waals surface area contributed by atoms with Crippen LogP contribution in [0.1, 0.15) is 29.8 Å². The lowest BCUT2D eigenvalue weighted by Crippen LogP contribution is -3.13. The summed E-state index contributed by atoms with van der Waals surface area (Å²) in [5.41, 5.74) is 2.08. The molecule has 28 heavy (non-hydrogen) atoms. The summed E-state index contributed by atoms with van der Waals surface area (Å²) in [6.45, 7) is 9.06. The average Bonchev–Trinajstić information content (AvgIpc) is 3.16. The molecule has 2 aromatic rings. The number of carbonyl (C=O) groups is 1. The lowest BCUT2D eigenvalue weighted by molar-refractivity contribution is -0.917. The lowest BCUT2D eigenvalue weighted by atomic mass is 10.1. The molecule has 1 saturated heterocycles. The van der Waals surface area contributed by atoms with Crippen LogP contribution in [-0.2, 0) is 6.54 Å². The van der Waals surface area contributed by atoms with Gasteiger partial charge in [0.15, 0.2) is 11.5 Å². The Morgan fingerprint density at radius 2 is 1.86 bits per heavy atom. The maximum atomic E-state index is 13.1. The Labute approximate surface area is 170 Å². The van der Waals surface area contributed by atoms with E-state index in [4.69, 9.17) is 9.47 Å². The van der Waals surface area contributed by atoms with Gasteiger partial charge in [0.1, 0.15) is 6.54 Å². The van der Waals surface area contributed by atoms with Crippen LogP contribution in [0.25, 0.3) is 0 Å². The molecule has 1 amide bonds. The third-order valence-corrected chi connectivity index (χ3v) is 6.21. The third kappa shape index (κ3) is 4.28. The van der Waals surface area contributed by atoms with Gasteiger partial charge in [0.2, 0.25) is 6.79 Å². The van der Waals surface area contributed by atoms with Gasteiger partial charge < -0.3 is 19.3 Å². The second kappa shape index (κ2) is 8.45. The first-order valence-electron chi connectivity index (χ1n) is 9.87. The van der Waals surface area contributed by atoms with E-state index in [0.717, 1.165) is 54.7 Å². The van der Waals surface area contributed by atoms with Gasteiger partial charge in [-0.15, -0.1) is 11.8 Å². The highest BCUT2D eigenvalue weighted by Crippen LogP contribution is 2.32. The average molecular weight is 400 g/mol. The normalized spacial score (nSPS) is 16.6. The van der Waals surface area contributed by atoms with Crippen LogP contribution >= 0.6 is 11.8 Å². The molecule has 1 fully saturated rings. The monoisotopic (exact) mass is 399 g/mol. The number of hydrogen-bond acceptors (Lipinski definition) is 4. The molecule has 0 radical (unpaired) electrons. The van der Waals surface area contributed by atoms with Crippen molar-refractivity contribution in [2.75, 3.05) is 33.0 Å². The van der Waals surface area contributed by atoms with Gasteiger partial charge in [-0.25, -0.2) is 0 Å². The fraction of sp³-hybridized carbons (Fsp3) is 0.409. The van der Waals surface area contributed by atoms with E-state index in [1.165, 1.54) is 10.5 Å². The van der Waals surface area contributed by atoms with Crippen LogP contribution < -0.4 is 14.4 Å². The van der Waals surface area contributed by atoms with Crippen LogP contribution in [0.15, 0.2) is 47.4 Å². The Morgan fingerprint density at radius 3 is 2.64 bits per heavy atom. The number of quaternary nitrogens is 1. The molecule has 6 heteroatoms. The highest BCUT2D eigenvalue weighted by molar-refractivity contribution is 8.00. The summed E-state index contributed by atoms with van der Waals surface area (Å²) in [5, 5.41) is 0.456. The van der Waals surface area contributed by atoms with E-state index < -0.39 is 0 Å². The number of nitrogens with one attached hydrogen (secondary N) is 1. The van der Waals surface area contributed by atoms with Crippen LogP contribution in [0.5, 0.6) is 11.5 Å². The minimum Gasteiger partial charge on any atom is -0.454 e. The summed E-state index contributed by atoms with van der Waals surface area (Å²) >= 11 is 1.75. The fourth-order valence-corrected chi connectivity index (χ4v) is 4.66. The first-order chi connectivity index (χ1) is 13.6. The summed E-state index contributed by atoms with van der Waals surface area (Å²) in [5.74, 6) is 1.82. The van der Waals surface area contributed by atoms with Crippen LogP contribution in [0, 0.1) is 0 Å². The van der Waals surface area contributed by atoms with Gasteiger partial charge in [-0.2, -0.15) is 0 Å². The number of amides is 1. The first kappa shape index (κ1) is 19.2. The molecule has 2 heterocycles. The summed E-state index contributed by atoms with van der Waals surface area (Å²) in [6, 6.07) is 14.1. The molecule has 2 aromatic carbocycles. The molecule has 0 atom stereocenters. The molecule has 5 nitrogen and oxygen atoms in total. The van der Waals surface area contributed by atoms with E-state index in [1.807, 2.05) is 29.2 Å². The Kier molecular flexibility index (Phi) is 5.78. The van der Waals surface area contributed by atoms with E-state index in [0.29, 0.717) is 12.0 Å². The van der Waals surface area contributed by atoms with E-state index in [-0.39, 0.29) is 5.91 Å². The zero-order valence-electron chi connectivity index (χ0n) is 16.4. The van der Waals surface area contributed by atoms with Crippen molar-refractivity contribution in [3.8, 4) is 11.5 Å². The summed E-state index contributed by atoms with van der Waals surface area (Å²) in [6.07, 6.45) is 0. The predicted octanol–water partition coefficient (Wildman–Crippen LogP) is 2.46. The molecule has 2 aliphatic rings. The van der Waals surface area contributed by atoms with Crippen LogP contribution in [0.3, 0.4) is 0 Å². The summed E-state index contributed by atoms with van der Waals surface area (Å²) < 4.78 is 10.9. The summed E-state index contributed by atoms with van der Waals surface area (Å²) in [7, 11) is 0. The molecular weight excluding hydrogens is 372 g/mol. The van der Waals surface area contributed by atoms with Crippen molar-refractivity contribution in [3.63, 3.8) is 0 Å². The summed E-state index contributed by atoms with van der Waals surface area (Å²) in [4.78, 5) is 17.6. The van der Waals surface area contributed by atoms with E-state index in [2.05, 4.69) is 32.0 Å². The number of piperazine rings is 1. The number of carbonyl (C=O) groups excluding carboxylic acids is 1. The van der Waals surface area contributed by atoms with E-state index in [1.54, 1.807) is 11.8 Å². The van der Waals surface area contributed by atoms with Crippen LogP contribution in [-0.4, -0.2) is 49.0 Å². The molecular formula is C22H27N2O3S+. The molecule has 0 aliphatic carbocycles. The van der Waals surface area contributed by atoms with Crippen molar-refractivity contribution in [2.45, 2.75) is 30.5 Å². The fourth-order valence-electron chi connectivity index (χ4n) is 3.71. The Bertz CT molecular complexity index is 847. The molecule has 0 spiro atoms. The number of benzene rings is 2. The largest absolute Gasteiger partial charge is 0.454 e. The zero-order valence-corrected chi connectivity index (χ0v) is 17.3. The number of fused-ring (bicyclic) bond motifs is 1. The molecule has 148 valence electrons. The second-order valence-electron chi connectivity index (χ2n) is 7.57. The van der Waals surface area contributed by atoms with Crippen LogP contribution in [0.4, 0.5) is 0 Å². The SMILES string of the molecule is CC(C)Sc1ccccc1C(=O)N1CC[NH+](Cc2ccc3c(c2)OCO3)CC1. The van der Waals surface area contributed by atoms with Crippen molar-refractivity contribution < 1.29 is 19.2 Å². The number of nitrogens with zero attached hydrogens (tertiary/aromatic N) is 1. The van der Waals surface area contributed by atoms with Gasteiger partial charge >= 0.3 is 0 Å². The van der Waals surface area contributed by atoms with E-state index >= 15 is 0 Å². The van der Waals surface area contributed by atoms with Gasteiger partial charge in [0.25, 0.3) is 5.91 Å². The number of rotatable bonds is 5. The second-order valence-corrected chi connectivity index (χ2v) is 9.19. The highest BCUT2D eigenvalue weighted by Gasteiger charge is 2.26. The molecule has 4 rings (SSSR count). The van der Waals surface area contributed by atoms with Crippen molar-refractivity contribution in [2.24, 2.45) is 0 Å². The Hall–Kier alpha value is -2.18. The van der Waals surface area contributed by atoms with Crippen molar-refractivity contribution in [3.05, 3.63) is 53.6 Å². The standard InChI is InChI=1S/C22H26N2O3S/c1-16(2)28-21-6-4-3-5-18(21)22(25)24-11-9-23(10-12-24)14-17-7-8-19-20(13-17)27-15-26-19/h3-8,13,16H,9-12,14-15H2,1-2H3/p+1. The van der Waals surface area contributed by atoms with E-state index in [9.17, 15) is 4.79 Å². The maximum Gasteiger partial charge on any atom is 0.255 e. The lowest BCUT2D eigenvalue weighted by Gasteiger charge is -2.32. The minimum atomic E-state index is 0.158. The third-order valence-electron chi connectivity index (χ3n) is 5.13. The van der Waals surface area contributed by atoms with Crippen molar-refractivity contribution >= 4 is 17.7 Å². The van der Waals surface area contributed by atoms with Crippen LogP contribution in [0.2, 0.25) is 0 Å². The quantitative estimate of drug-likeness (QED) is 0.785. The predicted molar refractivity (Wildman–Crippen MR) is 110 cm³/mol. The maximum absolute atomic E-state index is 13.1. The smallest absolute Gasteiger partial charge is 0.255 e. The molecule has 0 bridgehead atoms. The zero-order chi connectivity index (χ0) is 19.5. The van der Waals surface area contributed by atoms with Gasteiger partial charge in [-0.1, -0.05) is 26.0 Å². The molecule has 0 saturated carbocycles. The highest BCUT2D eigenvalue weighted by atomic mass is 32.2. The first-order valence-corrected chi connectivity index (χ1v) is 10.7. The number of hydrogen-bond donors (Lipinski definition) is 1. The molecule has 1 N–H and O–H groups in total. The Morgan fingerprint density at radius 1 is 1.11 bits per heavy atom. The van der Waals surface area contributed by atoms with Gasteiger partial charge in [0, 0.05) is 15.7 Å². The topological polar surface area (TPSA) is 43.2 Å². The number of ether oxygens (including phenoxy) is 2. The van der Waals surface area contributed by atoms with Gasteiger partial charge in [-0.3, -0.25) is 4.79 Å². The number of thioether (sulfide) groups is 1. The van der Waals surface area contributed by atoms with Crippen molar-refractivity contribution in [1.82, 2.24) is 4.90 Å². The molecule has 0 aromatic heterocycles.